The summed E-state index contributed by atoms with van der Waals surface area (Å²) in [5, 5.41) is 17.9. The SMILES string of the molecule is C[C@]12CC/C(=N\OCCN=C(N)N)C[C@@H]1C(=O)C[C@@H]1[C@@H]2CC[C@]2(C)C(=O)CC[C@@H]12.O=[N+]([O-])O. The zero-order chi connectivity index (χ0) is 24.4. The first-order chi connectivity index (χ1) is 15.5. The maximum absolute atomic E-state index is 13.2. The van der Waals surface area contributed by atoms with Crippen LogP contribution in [0.25, 0.3) is 0 Å². The second-order valence-corrected chi connectivity index (χ2v) is 10.3. The monoisotopic (exact) mass is 465 g/mol. The van der Waals surface area contributed by atoms with Crippen LogP contribution in [0.15, 0.2) is 10.1 Å². The number of fused-ring (bicyclic) bond motifs is 5. The van der Waals surface area contributed by atoms with Crippen molar-refractivity contribution in [3.05, 3.63) is 10.1 Å². The molecule has 0 aromatic heterocycles. The Balaban J connectivity index is 0.000000709. The number of nitrogens with two attached hydrogens (primary N) is 2. The summed E-state index contributed by atoms with van der Waals surface area (Å²) in [7, 11) is 0. The van der Waals surface area contributed by atoms with Crippen molar-refractivity contribution in [2.24, 2.45) is 56.1 Å². The van der Waals surface area contributed by atoms with Gasteiger partial charge in [-0.05, 0) is 61.7 Å². The van der Waals surface area contributed by atoms with Gasteiger partial charge in [-0.25, -0.2) is 4.99 Å². The van der Waals surface area contributed by atoms with Crippen LogP contribution in [-0.4, -0.2) is 46.7 Å². The van der Waals surface area contributed by atoms with Crippen LogP contribution in [0.1, 0.15) is 65.2 Å². The summed E-state index contributed by atoms with van der Waals surface area (Å²) in [5.74, 6) is 2.18. The fourth-order valence-corrected chi connectivity index (χ4v) is 7.06. The number of Topliss-reactive ketones (excluding diaryl/α,β-unsaturated/α-hetero) is 2. The molecule has 184 valence electrons. The predicted octanol–water partition coefficient (Wildman–Crippen LogP) is 2.08. The molecule has 11 heteroatoms. The van der Waals surface area contributed by atoms with Crippen LogP contribution in [0.2, 0.25) is 0 Å². The number of carbonyl (C=O) groups excluding carboxylic acids is 2. The summed E-state index contributed by atoms with van der Waals surface area (Å²) in [6.45, 7) is 5.19. The number of hydrogen-bond acceptors (Lipinski definition) is 7. The number of nitrogens with zero attached hydrogens (tertiary/aromatic N) is 3. The van der Waals surface area contributed by atoms with E-state index in [1.807, 2.05) is 0 Å². The molecule has 0 amide bonds. The van der Waals surface area contributed by atoms with Gasteiger partial charge in [0.1, 0.15) is 18.2 Å². The summed E-state index contributed by atoms with van der Waals surface area (Å²) in [6.07, 6.45) is 6.91. The zero-order valence-corrected chi connectivity index (χ0v) is 19.4. The topological polar surface area (TPSA) is 183 Å². The minimum atomic E-state index is -1.50. The summed E-state index contributed by atoms with van der Waals surface area (Å²) < 4.78 is 0. The van der Waals surface area contributed by atoms with Crippen molar-refractivity contribution < 1.29 is 24.7 Å². The highest BCUT2D eigenvalue weighted by atomic mass is 16.9. The van der Waals surface area contributed by atoms with Gasteiger partial charge in [-0.3, -0.25) is 9.59 Å². The Bertz CT molecular complexity index is 852. The van der Waals surface area contributed by atoms with Gasteiger partial charge in [0.2, 0.25) is 0 Å². The lowest BCUT2D eigenvalue weighted by molar-refractivity contribution is -0.742. The molecule has 0 unspecified atom stereocenters. The number of oxime groups is 1. The second kappa shape index (κ2) is 9.64. The summed E-state index contributed by atoms with van der Waals surface area (Å²) in [5.41, 5.74) is 11.4. The van der Waals surface area contributed by atoms with Crippen LogP contribution in [0.3, 0.4) is 0 Å². The molecule has 4 aliphatic rings. The first kappa shape index (κ1) is 24.9. The maximum atomic E-state index is 13.2. The Morgan fingerprint density at radius 3 is 2.55 bits per heavy atom. The van der Waals surface area contributed by atoms with Crippen molar-refractivity contribution in [2.45, 2.75) is 65.2 Å². The van der Waals surface area contributed by atoms with Gasteiger partial charge >= 0.3 is 0 Å². The molecular formula is C22H35N5O6. The van der Waals surface area contributed by atoms with E-state index in [0.29, 0.717) is 61.7 Å². The van der Waals surface area contributed by atoms with Crippen LogP contribution in [0.5, 0.6) is 0 Å². The molecule has 4 fully saturated rings. The fourth-order valence-electron chi connectivity index (χ4n) is 7.06. The van der Waals surface area contributed by atoms with Crippen LogP contribution in [0.4, 0.5) is 0 Å². The van der Waals surface area contributed by atoms with E-state index in [4.69, 9.17) is 31.6 Å². The minimum Gasteiger partial charge on any atom is -0.394 e. The molecule has 5 N–H and O–H groups in total. The Kier molecular flexibility index (Phi) is 7.28. The summed E-state index contributed by atoms with van der Waals surface area (Å²) >= 11 is 0. The molecule has 4 saturated carbocycles. The van der Waals surface area contributed by atoms with Gasteiger partial charge in [-0.2, -0.15) is 0 Å². The summed E-state index contributed by atoms with van der Waals surface area (Å²) in [4.78, 5) is 43.4. The molecular weight excluding hydrogens is 430 g/mol. The second-order valence-electron chi connectivity index (χ2n) is 10.3. The number of ketones is 2. The van der Waals surface area contributed by atoms with Gasteiger partial charge in [0, 0.05) is 24.2 Å². The quantitative estimate of drug-likeness (QED) is 0.185. The first-order valence-corrected chi connectivity index (χ1v) is 11.6. The molecule has 0 heterocycles. The fraction of sp³-hybridized carbons (Fsp3) is 0.818. The number of rotatable bonds is 4. The smallest absolute Gasteiger partial charge is 0.291 e. The zero-order valence-electron chi connectivity index (χ0n) is 19.4. The molecule has 0 saturated heterocycles. The van der Waals surface area contributed by atoms with Gasteiger partial charge in [0.25, 0.3) is 5.09 Å². The molecule has 0 aliphatic heterocycles. The van der Waals surface area contributed by atoms with Crippen molar-refractivity contribution in [3.63, 3.8) is 0 Å². The Morgan fingerprint density at radius 1 is 1.18 bits per heavy atom. The van der Waals surface area contributed by atoms with E-state index >= 15 is 0 Å². The minimum absolute atomic E-state index is 0.0181. The van der Waals surface area contributed by atoms with Crippen LogP contribution in [0, 0.1) is 44.6 Å². The lowest BCUT2D eigenvalue weighted by Gasteiger charge is -2.58. The molecule has 0 radical (unpaired) electrons. The normalized spacial score (nSPS) is 38.3. The number of guanidine groups is 1. The Hall–Kier alpha value is -2.72. The molecule has 0 aromatic carbocycles. The molecule has 0 aromatic rings. The average molecular weight is 466 g/mol. The van der Waals surface area contributed by atoms with Crippen LogP contribution in [-0.2, 0) is 14.4 Å². The van der Waals surface area contributed by atoms with Crippen molar-refractivity contribution in [3.8, 4) is 0 Å². The van der Waals surface area contributed by atoms with Crippen LogP contribution < -0.4 is 11.5 Å². The highest BCUT2D eigenvalue weighted by Crippen LogP contribution is 2.64. The van der Waals surface area contributed by atoms with Gasteiger partial charge in [0.05, 0.1) is 12.3 Å². The molecule has 4 aliphatic carbocycles. The third kappa shape index (κ3) is 4.96. The Morgan fingerprint density at radius 2 is 1.88 bits per heavy atom. The van der Waals surface area contributed by atoms with E-state index in [2.05, 4.69) is 24.0 Å². The number of carbonyl (C=O) groups is 2. The third-order valence-electron chi connectivity index (χ3n) is 8.68. The van der Waals surface area contributed by atoms with Gasteiger partial charge in [-0.1, -0.05) is 19.0 Å². The molecule has 6 atom stereocenters. The molecule has 11 nitrogen and oxygen atoms in total. The average Bonchev–Trinajstić information content (AvgIpc) is 3.03. The standard InChI is InChI=1S/C22H34N4O3.HNO3/c1-21-7-5-13(26-29-10-9-25-20(23)24)11-17(21)18(27)12-14-15-3-4-19(28)22(15,2)8-6-16(14)21;2-1(3)4/h14-17H,3-12H2,1-2H3,(H4,23,24,25);(H,2,3,4)/b26-13+;/t14-,15-,16-,17+,21+,22-;/m0./s1. The number of hydrogen-bond donors (Lipinski definition) is 3. The predicted molar refractivity (Wildman–Crippen MR) is 120 cm³/mol. The van der Waals surface area contributed by atoms with Gasteiger partial charge in [-0.15, -0.1) is 10.1 Å². The van der Waals surface area contributed by atoms with E-state index in [0.717, 1.165) is 37.8 Å². The maximum Gasteiger partial charge on any atom is 0.291 e. The third-order valence-corrected chi connectivity index (χ3v) is 8.68. The number of aliphatic imine (C=N–C) groups is 1. The lowest BCUT2D eigenvalue weighted by Crippen LogP contribution is -2.56. The summed E-state index contributed by atoms with van der Waals surface area (Å²) in [6, 6.07) is 0. The van der Waals surface area contributed by atoms with Crippen molar-refractivity contribution >= 4 is 23.2 Å². The van der Waals surface area contributed by atoms with Crippen molar-refractivity contribution in [1.29, 1.82) is 0 Å². The Labute approximate surface area is 193 Å². The largest absolute Gasteiger partial charge is 0.394 e. The van der Waals surface area contributed by atoms with Crippen molar-refractivity contribution in [1.82, 2.24) is 0 Å². The molecule has 0 bridgehead atoms. The van der Waals surface area contributed by atoms with E-state index in [1.54, 1.807) is 0 Å². The lowest BCUT2D eigenvalue weighted by atomic mass is 9.45. The highest BCUT2D eigenvalue weighted by molar-refractivity contribution is 5.93. The first-order valence-electron chi connectivity index (χ1n) is 11.6. The van der Waals surface area contributed by atoms with Crippen LogP contribution >= 0.6 is 0 Å². The molecule has 4 rings (SSSR count). The van der Waals surface area contributed by atoms with E-state index in [1.165, 1.54) is 0 Å². The van der Waals surface area contributed by atoms with Crippen molar-refractivity contribution in [2.75, 3.05) is 13.2 Å². The van der Waals surface area contributed by atoms with Gasteiger partial charge in [0.15, 0.2) is 5.96 Å². The molecule has 33 heavy (non-hydrogen) atoms. The van der Waals surface area contributed by atoms with E-state index < -0.39 is 5.09 Å². The molecule has 0 spiro atoms. The highest BCUT2D eigenvalue weighted by Gasteiger charge is 2.62. The van der Waals surface area contributed by atoms with E-state index in [9.17, 15) is 9.59 Å². The van der Waals surface area contributed by atoms with E-state index in [-0.39, 0.29) is 22.7 Å². The van der Waals surface area contributed by atoms with Gasteiger partial charge < -0.3 is 21.5 Å².